The van der Waals surface area contributed by atoms with Gasteiger partial charge in [0.1, 0.15) is 0 Å². The fraction of sp³-hybridized carbons (Fsp3) is 0.188. The average Bonchev–Trinajstić information content (AvgIpc) is 3.21. The van der Waals surface area contributed by atoms with Gasteiger partial charge in [0.2, 0.25) is 12.7 Å². The van der Waals surface area contributed by atoms with Crippen molar-refractivity contribution < 1.29 is 14.3 Å². The number of nitrogens with one attached hydrogen (secondary N) is 1. The zero-order chi connectivity index (χ0) is 16.5. The Hall–Kier alpha value is -2.74. The van der Waals surface area contributed by atoms with Crippen LogP contribution in [-0.4, -0.2) is 32.5 Å². The van der Waals surface area contributed by atoms with Gasteiger partial charge in [-0.15, -0.1) is 10.2 Å². The number of carbonyl (C=O) groups excluding carboxylic acids is 1. The maximum atomic E-state index is 12.4. The molecular formula is C16H14N4O3S. The second-order valence-corrected chi connectivity index (χ2v) is 6.54. The van der Waals surface area contributed by atoms with Gasteiger partial charge in [0.15, 0.2) is 22.3 Å². The molecule has 4 rings (SSSR count). The van der Waals surface area contributed by atoms with E-state index in [1.165, 1.54) is 11.8 Å². The molecule has 24 heavy (non-hydrogen) atoms. The number of anilines is 1. The van der Waals surface area contributed by atoms with Crippen LogP contribution in [0.3, 0.4) is 0 Å². The molecule has 1 aliphatic heterocycles. The molecule has 3 aromatic rings. The van der Waals surface area contributed by atoms with Gasteiger partial charge in [0.05, 0.1) is 5.25 Å². The first kappa shape index (κ1) is 14.8. The summed E-state index contributed by atoms with van der Waals surface area (Å²) in [6.07, 6.45) is 1.88. The molecule has 0 saturated heterocycles. The molecule has 1 atom stereocenters. The van der Waals surface area contributed by atoms with E-state index in [0.717, 1.165) is 5.65 Å². The summed E-state index contributed by atoms with van der Waals surface area (Å²) in [6.45, 7) is 2.04. The van der Waals surface area contributed by atoms with Crippen LogP contribution in [0.4, 0.5) is 5.69 Å². The van der Waals surface area contributed by atoms with Gasteiger partial charge in [-0.25, -0.2) is 0 Å². The Morgan fingerprint density at radius 1 is 1.25 bits per heavy atom. The topological polar surface area (TPSA) is 77.8 Å². The molecule has 2 aromatic heterocycles. The Morgan fingerprint density at radius 3 is 3.04 bits per heavy atom. The smallest absolute Gasteiger partial charge is 0.237 e. The standard InChI is InChI=1S/C16H14N4O3S/c1-10(24-16-19-18-14-4-2-3-7-20(14)16)15(21)17-11-5-6-12-13(8-11)23-9-22-12/h2-8,10H,9H2,1H3,(H,17,21)/t10-/m0/s1. The molecule has 0 fully saturated rings. The number of pyridine rings is 1. The number of nitrogens with zero attached hydrogens (tertiary/aromatic N) is 3. The summed E-state index contributed by atoms with van der Waals surface area (Å²) in [6, 6.07) is 11.0. The first-order valence-electron chi connectivity index (χ1n) is 7.37. The normalized spacial score (nSPS) is 13.9. The number of thioether (sulfide) groups is 1. The molecule has 3 heterocycles. The molecular weight excluding hydrogens is 328 g/mol. The number of aromatic nitrogens is 3. The summed E-state index contributed by atoms with van der Waals surface area (Å²) in [5.41, 5.74) is 1.42. The van der Waals surface area contributed by atoms with Gasteiger partial charge in [-0.3, -0.25) is 9.20 Å². The van der Waals surface area contributed by atoms with E-state index in [4.69, 9.17) is 9.47 Å². The first-order valence-corrected chi connectivity index (χ1v) is 8.25. The highest BCUT2D eigenvalue weighted by Crippen LogP contribution is 2.34. The number of amides is 1. The molecule has 1 N–H and O–H groups in total. The van der Waals surface area contributed by atoms with E-state index >= 15 is 0 Å². The summed E-state index contributed by atoms with van der Waals surface area (Å²) in [5, 5.41) is 11.4. The first-order chi connectivity index (χ1) is 11.7. The van der Waals surface area contributed by atoms with Crippen molar-refractivity contribution in [3.63, 3.8) is 0 Å². The quantitative estimate of drug-likeness (QED) is 0.734. The second kappa shape index (κ2) is 6.04. The van der Waals surface area contributed by atoms with Crippen LogP contribution >= 0.6 is 11.8 Å². The van der Waals surface area contributed by atoms with Gasteiger partial charge < -0.3 is 14.8 Å². The third kappa shape index (κ3) is 2.76. The van der Waals surface area contributed by atoms with Gasteiger partial charge in [-0.2, -0.15) is 0 Å². The largest absolute Gasteiger partial charge is 0.454 e. The Balaban J connectivity index is 1.46. The number of fused-ring (bicyclic) bond motifs is 2. The Labute approximate surface area is 142 Å². The summed E-state index contributed by atoms with van der Waals surface area (Å²) in [5.74, 6) is 1.20. The van der Waals surface area contributed by atoms with Crippen molar-refractivity contribution in [2.45, 2.75) is 17.3 Å². The number of hydrogen-bond donors (Lipinski definition) is 1. The van der Waals surface area contributed by atoms with E-state index in [1.807, 2.05) is 35.7 Å². The average molecular weight is 342 g/mol. The van der Waals surface area contributed by atoms with Crippen LogP contribution < -0.4 is 14.8 Å². The van der Waals surface area contributed by atoms with Crippen LogP contribution in [0.25, 0.3) is 5.65 Å². The monoisotopic (exact) mass is 342 g/mol. The van der Waals surface area contributed by atoms with Gasteiger partial charge in [0, 0.05) is 18.0 Å². The fourth-order valence-corrected chi connectivity index (χ4v) is 3.17. The minimum Gasteiger partial charge on any atom is -0.454 e. The van der Waals surface area contributed by atoms with Gasteiger partial charge in [-0.1, -0.05) is 17.8 Å². The van der Waals surface area contributed by atoms with Crippen molar-refractivity contribution in [2.24, 2.45) is 0 Å². The highest BCUT2D eigenvalue weighted by atomic mass is 32.2. The molecule has 0 saturated carbocycles. The van der Waals surface area contributed by atoms with E-state index in [0.29, 0.717) is 22.3 Å². The third-order valence-electron chi connectivity index (χ3n) is 3.57. The fourth-order valence-electron chi connectivity index (χ4n) is 2.33. The number of rotatable bonds is 4. The second-order valence-electron chi connectivity index (χ2n) is 5.23. The molecule has 122 valence electrons. The lowest BCUT2D eigenvalue weighted by atomic mass is 10.2. The predicted octanol–water partition coefficient (Wildman–Crippen LogP) is 2.58. The van der Waals surface area contributed by atoms with E-state index in [2.05, 4.69) is 15.5 Å². The van der Waals surface area contributed by atoms with Crippen molar-refractivity contribution in [1.29, 1.82) is 0 Å². The molecule has 0 aliphatic carbocycles. The summed E-state index contributed by atoms with van der Waals surface area (Å²) < 4.78 is 12.4. The summed E-state index contributed by atoms with van der Waals surface area (Å²) >= 11 is 1.35. The minimum atomic E-state index is -0.331. The van der Waals surface area contributed by atoms with E-state index in [9.17, 15) is 4.79 Å². The van der Waals surface area contributed by atoms with E-state index < -0.39 is 0 Å². The Bertz CT molecular complexity index is 911. The molecule has 0 bridgehead atoms. The van der Waals surface area contributed by atoms with Crippen LogP contribution in [-0.2, 0) is 4.79 Å². The van der Waals surface area contributed by atoms with Crippen molar-refractivity contribution in [3.05, 3.63) is 42.6 Å². The number of benzene rings is 1. The molecule has 0 spiro atoms. The maximum Gasteiger partial charge on any atom is 0.237 e. The summed E-state index contributed by atoms with van der Waals surface area (Å²) in [7, 11) is 0. The minimum absolute atomic E-state index is 0.119. The molecule has 1 aliphatic rings. The highest BCUT2D eigenvalue weighted by molar-refractivity contribution is 8.00. The SMILES string of the molecule is C[C@H](Sc1nnc2ccccn12)C(=O)Nc1ccc2c(c1)OCO2. The van der Waals surface area contributed by atoms with Gasteiger partial charge in [0.25, 0.3) is 0 Å². The lowest BCUT2D eigenvalue weighted by Gasteiger charge is -2.11. The van der Waals surface area contributed by atoms with Crippen molar-refractivity contribution in [1.82, 2.24) is 14.6 Å². The van der Waals surface area contributed by atoms with Crippen molar-refractivity contribution in [2.75, 3.05) is 12.1 Å². The predicted molar refractivity (Wildman–Crippen MR) is 89.5 cm³/mol. The lowest BCUT2D eigenvalue weighted by Crippen LogP contribution is -2.22. The van der Waals surface area contributed by atoms with E-state index in [1.54, 1.807) is 18.2 Å². The number of carbonyl (C=O) groups is 1. The highest BCUT2D eigenvalue weighted by Gasteiger charge is 2.19. The zero-order valence-electron chi connectivity index (χ0n) is 12.8. The lowest BCUT2D eigenvalue weighted by molar-refractivity contribution is -0.115. The Kier molecular flexibility index (Phi) is 3.73. The van der Waals surface area contributed by atoms with E-state index in [-0.39, 0.29) is 18.0 Å². The molecule has 1 aromatic carbocycles. The maximum absolute atomic E-state index is 12.4. The zero-order valence-corrected chi connectivity index (χ0v) is 13.6. The third-order valence-corrected chi connectivity index (χ3v) is 4.63. The molecule has 0 radical (unpaired) electrons. The van der Waals surface area contributed by atoms with Crippen LogP contribution in [0.15, 0.2) is 47.8 Å². The van der Waals surface area contributed by atoms with Crippen LogP contribution in [0.2, 0.25) is 0 Å². The van der Waals surface area contributed by atoms with Gasteiger partial charge in [-0.05, 0) is 31.2 Å². The van der Waals surface area contributed by atoms with Crippen LogP contribution in [0.1, 0.15) is 6.92 Å². The van der Waals surface area contributed by atoms with Crippen LogP contribution in [0, 0.1) is 0 Å². The van der Waals surface area contributed by atoms with Crippen molar-refractivity contribution in [3.8, 4) is 11.5 Å². The van der Waals surface area contributed by atoms with Crippen LogP contribution in [0.5, 0.6) is 11.5 Å². The number of hydrogen-bond acceptors (Lipinski definition) is 6. The van der Waals surface area contributed by atoms with Gasteiger partial charge >= 0.3 is 0 Å². The molecule has 8 heteroatoms. The Morgan fingerprint density at radius 2 is 2.12 bits per heavy atom. The number of ether oxygens (including phenoxy) is 2. The molecule has 0 unspecified atom stereocenters. The molecule has 1 amide bonds. The summed E-state index contributed by atoms with van der Waals surface area (Å²) in [4.78, 5) is 12.4. The van der Waals surface area contributed by atoms with Crippen molar-refractivity contribution >= 4 is 29.0 Å². The molecule has 7 nitrogen and oxygen atoms in total.